The Kier molecular flexibility index (Phi) is 4.43. The number of anilines is 1. The van der Waals surface area contributed by atoms with Gasteiger partial charge in [0.05, 0.1) is 17.7 Å². The Balaban J connectivity index is 2.15. The Bertz CT molecular complexity index is 604. The minimum absolute atomic E-state index is 0.0785. The highest BCUT2D eigenvalue weighted by Gasteiger charge is 2.13. The van der Waals surface area contributed by atoms with Crippen molar-refractivity contribution in [3.8, 4) is 5.88 Å². The first-order valence-electron chi connectivity index (χ1n) is 6.11. The molecule has 0 fully saturated rings. The number of nitro benzene ring substituents is 1. The number of rotatable bonds is 6. The first-order valence-corrected chi connectivity index (χ1v) is 6.11. The lowest BCUT2D eigenvalue weighted by atomic mass is 10.2. The molecule has 0 bridgehead atoms. The molecule has 2 aromatic rings. The van der Waals surface area contributed by atoms with Crippen LogP contribution in [0.5, 0.6) is 5.88 Å². The molecule has 0 radical (unpaired) electrons. The Hall–Kier alpha value is -2.70. The van der Waals surface area contributed by atoms with Gasteiger partial charge in [-0.05, 0) is 6.92 Å². The first-order chi connectivity index (χ1) is 9.72. The Morgan fingerprint density at radius 1 is 1.40 bits per heavy atom. The van der Waals surface area contributed by atoms with Crippen molar-refractivity contribution in [2.75, 3.05) is 11.9 Å². The highest BCUT2D eigenvalue weighted by molar-refractivity contribution is 5.52. The van der Waals surface area contributed by atoms with Crippen LogP contribution in [-0.4, -0.2) is 21.5 Å². The molecule has 0 atom stereocenters. The van der Waals surface area contributed by atoms with Gasteiger partial charge in [0.1, 0.15) is 12.0 Å². The molecule has 0 aliphatic carbocycles. The lowest BCUT2D eigenvalue weighted by Crippen LogP contribution is -2.06. The van der Waals surface area contributed by atoms with Crippen LogP contribution in [0.3, 0.4) is 0 Å². The Morgan fingerprint density at radius 2 is 2.20 bits per heavy atom. The second-order valence-corrected chi connectivity index (χ2v) is 3.91. The molecule has 1 heterocycles. The summed E-state index contributed by atoms with van der Waals surface area (Å²) in [6, 6.07) is 6.57. The van der Waals surface area contributed by atoms with Gasteiger partial charge in [-0.1, -0.05) is 18.2 Å². The quantitative estimate of drug-likeness (QED) is 0.642. The third-order valence-electron chi connectivity index (χ3n) is 2.61. The predicted octanol–water partition coefficient (Wildman–Crippen LogP) is 2.40. The lowest BCUT2D eigenvalue weighted by Gasteiger charge is -2.10. The number of nitrogens with zero attached hydrogens (tertiary/aromatic N) is 3. The van der Waals surface area contributed by atoms with Gasteiger partial charge in [-0.2, -0.15) is 0 Å². The molecular formula is C13H14N4O3. The molecule has 7 nitrogen and oxygen atoms in total. The summed E-state index contributed by atoms with van der Waals surface area (Å²) in [6.07, 6.45) is 2.97. The van der Waals surface area contributed by atoms with Gasteiger partial charge in [0.2, 0.25) is 5.88 Å². The summed E-state index contributed by atoms with van der Waals surface area (Å²) in [7, 11) is 0. The molecule has 0 unspecified atom stereocenters. The van der Waals surface area contributed by atoms with Crippen LogP contribution in [0.15, 0.2) is 36.8 Å². The SMILES string of the molecule is CCOc1ncncc1NCc1ccccc1[N+](=O)[O-]. The molecule has 1 aromatic heterocycles. The van der Waals surface area contributed by atoms with Crippen molar-refractivity contribution in [2.24, 2.45) is 0 Å². The largest absolute Gasteiger partial charge is 0.476 e. The van der Waals surface area contributed by atoms with Crippen molar-refractivity contribution in [3.05, 3.63) is 52.5 Å². The van der Waals surface area contributed by atoms with Crippen molar-refractivity contribution >= 4 is 11.4 Å². The summed E-state index contributed by atoms with van der Waals surface area (Å²) in [5, 5.41) is 14.0. The van der Waals surface area contributed by atoms with E-state index in [0.29, 0.717) is 30.3 Å². The number of aromatic nitrogens is 2. The maximum Gasteiger partial charge on any atom is 0.274 e. The summed E-state index contributed by atoms with van der Waals surface area (Å²) in [4.78, 5) is 18.4. The van der Waals surface area contributed by atoms with Gasteiger partial charge in [0.15, 0.2) is 0 Å². The second-order valence-electron chi connectivity index (χ2n) is 3.91. The highest BCUT2D eigenvalue weighted by Crippen LogP contribution is 2.23. The fourth-order valence-corrected chi connectivity index (χ4v) is 1.72. The molecule has 0 spiro atoms. The molecule has 0 aliphatic heterocycles. The van der Waals surface area contributed by atoms with Gasteiger partial charge < -0.3 is 10.1 Å². The smallest absolute Gasteiger partial charge is 0.274 e. The number of ether oxygens (including phenoxy) is 1. The second kappa shape index (κ2) is 6.46. The van der Waals surface area contributed by atoms with E-state index in [0.717, 1.165) is 0 Å². The maximum atomic E-state index is 10.9. The van der Waals surface area contributed by atoms with Crippen LogP contribution in [0.2, 0.25) is 0 Å². The standard InChI is InChI=1S/C13H14N4O3/c1-2-20-13-11(8-14-9-16-13)15-7-10-5-3-4-6-12(10)17(18)19/h3-6,8-9,15H,2,7H2,1H3. The lowest BCUT2D eigenvalue weighted by molar-refractivity contribution is -0.385. The molecule has 2 rings (SSSR count). The summed E-state index contributed by atoms with van der Waals surface area (Å²) < 4.78 is 5.36. The van der Waals surface area contributed by atoms with Crippen LogP contribution in [0.1, 0.15) is 12.5 Å². The normalized spacial score (nSPS) is 10.1. The van der Waals surface area contributed by atoms with Gasteiger partial charge in [-0.3, -0.25) is 10.1 Å². The van der Waals surface area contributed by atoms with E-state index < -0.39 is 4.92 Å². The van der Waals surface area contributed by atoms with Crippen molar-refractivity contribution in [1.82, 2.24) is 9.97 Å². The molecule has 0 saturated carbocycles. The van der Waals surface area contributed by atoms with E-state index in [9.17, 15) is 10.1 Å². The average Bonchev–Trinajstić information content (AvgIpc) is 2.47. The van der Waals surface area contributed by atoms with Crippen molar-refractivity contribution in [2.45, 2.75) is 13.5 Å². The number of nitro groups is 1. The van der Waals surface area contributed by atoms with E-state index in [2.05, 4.69) is 15.3 Å². The number of hydrogen-bond acceptors (Lipinski definition) is 6. The zero-order valence-corrected chi connectivity index (χ0v) is 10.9. The number of hydrogen-bond donors (Lipinski definition) is 1. The molecule has 7 heteroatoms. The van der Waals surface area contributed by atoms with Crippen LogP contribution < -0.4 is 10.1 Å². The van der Waals surface area contributed by atoms with Crippen molar-refractivity contribution in [1.29, 1.82) is 0 Å². The van der Waals surface area contributed by atoms with Crippen molar-refractivity contribution < 1.29 is 9.66 Å². The van der Waals surface area contributed by atoms with E-state index in [1.165, 1.54) is 12.4 Å². The molecule has 20 heavy (non-hydrogen) atoms. The van der Waals surface area contributed by atoms with E-state index in [1.807, 2.05) is 6.92 Å². The fourth-order valence-electron chi connectivity index (χ4n) is 1.72. The summed E-state index contributed by atoms with van der Waals surface area (Å²) >= 11 is 0. The van der Waals surface area contributed by atoms with Gasteiger partial charge in [-0.15, -0.1) is 0 Å². The van der Waals surface area contributed by atoms with E-state index >= 15 is 0 Å². The molecule has 0 saturated heterocycles. The van der Waals surface area contributed by atoms with Crippen LogP contribution in [0.4, 0.5) is 11.4 Å². The minimum atomic E-state index is -0.401. The maximum absolute atomic E-state index is 10.9. The summed E-state index contributed by atoms with van der Waals surface area (Å²) in [5.74, 6) is 0.432. The van der Waals surface area contributed by atoms with Gasteiger partial charge in [-0.25, -0.2) is 9.97 Å². The first kappa shape index (κ1) is 13.7. The van der Waals surface area contributed by atoms with E-state index in [4.69, 9.17) is 4.74 Å². The van der Waals surface area contributed by atoms with Crippen LogP contribution in [-0.2, 0) is 6.54 Å². The monoisotopic (exact) mass is 274 g/mol. The zero-order chi connectivity index (χ0) is 14.4. The molecule has 1 aromatic carbocycles. The third-order valence-corrected chi connectivity index (χ3v) is 2.61. The molecule has 0 aliphatic rings. The van der Waals surface area contributed by atoms with Gasteiger partial charge >= 0.3 is 0 Å². The van der Waals surface area contributed by atoms with Crippen LogP contribution in [0.25, 0.3) is 0 Å². The van der Waals surface area contributed by atoms with Crippen LogP contribution in [0, 0.1) is 10.1 Å². The fraction of sp³-hybridized carbons (Fsp3) is 0.231. The topological polar surface area (TPSA) is 90.2 Å². The Labute approximate surface area is 115 Å². The number of para-hydroxylation sites is 1. The summed E-state index contributed by atoms with van der Waals surface area (Å²) in [6.45, 7) is 2.63. The molecule has 104 valence electrons. The summed E-state index contributed by atoms with van der Waals surface area (Å²) in [5.41, 5.74) is 1.27. The Morgan fingerprint density at radius 3 is 2.95 bits per heavy atom. The third kappa shape index (κ3) is 3.19. The number of nitrogens with one attached hydrogen (secondary N) is 1. The molecule has 0 amide bonds. The number of benzene rings is 1. The van der Waals surface area contributed by atoms with Gasteiger partial charge in [0.25, 0.3) is 5.69 Å². The molecular weight excluding hydrogens is 260 g/mol. The van der Waals surface area contributed by atoms with Crippen molar-refractivity contribution in [3.63, 3.8) is 0 Å². The highest BCUT2D eigenvalue weighted by atomic mass is 16.6. The molecule has 1 N–H and O–H groups in total. The average molecular weight is 274 g/mol. The van der Waals surface area contributed by atoms with Crippen LogP contribution >= 0.6 is 0 Å². The van der Waals surface area contributed by atoms with E-state index in [1.54, 1.807) is 24.4 Å². The minimum Gasteiger partial charge on any atom is -0.476 e. The predicted molar refractivity (Wildman–Crippen MR) is 73.6 cm³/mol. The van der Waals surface area contributed by atoms with E-state index in [-0.39, 0.29) is 5.69 Å². The van der Waals surface area contributed by atoms with Gasteiger partial charge in [0, 0.05) is 18.2 Å². The zero-order valence-electron chi connectivity index (χ0n) is 10.9.